The minimum absolute atomic E-state index is 0.536. The van der Waals surface area contributed by atoms with Crippen LogP contribution in [-0.2, 0) is 6.42 Å². The number of hydrogen-bond donors (Lipinski definition) is 0. The number of para-hydroxylation sites is 1. The highest BCUT2D eigenvalue weighted by atomic mass is 32.2. The summed E-state index contributed by atoms with van der Waals surface area (Å²) in [7, 11) is 0. The van der Waals surface area contributed by atoms with Crippen LogP contribution in [-0.4, -0.2) is 5.04 Å². The van der Waals surface area contributed by atoms with Gasteiger partial charge in [0.05, 0.1) is 16.3 Å². The number of nitriles is 1. The first-order chi connectivity index (χ1) is 9.80. The van der Waals surface area contributed by atoms with Gasteiger partial charge in [0, 0.05) is 16.9 Å². The molecule has 0 amide bonds. The fourth-order valence-electron chi connectivity index (χ4n) is 2.10. The van der Waals surface area contributed by atoms with E-state index in [1.54, 1.807) is 17.8 Å². The van der Waals surface area contributed by atoms with E-state index in [-0.39, 0.29) is 0 Å². The molecular weight excluding hydrogens is 264 g/mol. The van der Waals surface area contributed by atoms with Gasteiger partial charge in [-0.25, -0.2) is 4.99 Å². The highest BCUT2D eigenvalue weighted by Gasteiger charge is 2.15. The number of rotatable bonds is 1. The average Bonchev–Trinajstić information content (AvgIpc) is 2.89. The molecule has 0 N–H and O–H groups in total. The van der Waals surface area contributed by atoms with Crippen LogP contribution in [0.1, 0.15) is 16.7 Å². The van der Waals surface area contributed by atoms with Crippen molar-refractivity contribution in [1.82, 2.24) is 0 Å². The van der Waals surface area contributed by atoms with E-state index in [9.17, 15) is 0 Å². The molecule has 0 saturated carbocycles. The first kappa shape index (κ1) is 12.5. The lowest BCUT2D eigenvalue weighted by molar-refractivity contribution is 1.39. The maximum absolute atomic E-state index is 8.97. The van der Waals surface area contributed by atoms with Gasteiger partial charge in [0.15, 0.2) is 0 Å². The lowest BCUT2D eigenvalue weighted by Crippen LogP contribution is -1.92. The molecule has 0 aliphatic carbocycles. The number of hydrogen-bond acceptors (Lipinski definition) is 3. The van der Waals surface area contributed by atoms with Gasteiger partial charge in [0.2, 0.25) is 0 Å². The van der Waals surface area contributed by atoms with E-state index in [0.717, 1.165) is 22.0 Å². The lowest BCUT2D eigenvalue weighted by atomic mass is 10.1. The molecule has 2 aromatic carbocycles. The monoisotopic (exact) mass is 274 g/mol. The standard InChI is InChI=1S/C17H10N2S/c1-2-12-9-15(8-7-14(12)11-18)20-17-10-13-5-3-4-6-16(13)19-17/h1,3-9H,10H2. The Morgan fingerprint density at radius 1 is 1.15 bits per heavy atom. The Hall–Kier alpha value is -2.49. The van der Waals surface area contributed by atoms with Crippen LogP contribution in [0, 0.1) is 23.7 Å². The Balaban J connectivity index is 1.85. The highest BCUT2D eigenvalue weighted by molar-refractivity contribution is 8.14. The van der Waals surface area contributed by atoms with Crippen LogP contribution in [0.5, 0.6) is 0 Å². The van der Waals surface area contributed by atoms with Gasteiger partial charge in [-0.3, -0.25) is 0 Å². The zero-order valence-electron chi connectivity index (χ0n) is 10.6. The molecule has 0 unspecified atom stereocenters. The molecule has 0 bridgehead atoms. The number of benzene rings is 2. The number of terminal acetylenes is 1. The quantitative estimate of drug-likeness (QED) is 0.739. The average molecular weight is 274 g/mol. The molecule has 20 heavy (non-hydrogen) atoms. The van der Waals surface area contributed by atoms with Crippen molar-refractivity contribution in [3.05, 3.63) is 59.2 Å². The largest absolute Gasteiger partial charge is 0.246 e. The molecule has 1 aliphatic rings. The predicted molar refractivity (Wildman–Crippen MR) is 82.2 cm³/mol. The fourth-order valence-corrected chi connectivity index (χ4v) is 3.06. The summed E-state index contributed by atoms with van der Waals surface area (Å²) in [6.07, 6.45) is 6.28. The molecule has 0 saturated heterocycles. The van der Waals surface area contributed by atoms with E-state index >= 15 is 0 Å². The summed E-state index contributed by atoms with van der Waals surface area (Å²) in [6.45, 7) is 0. The van der Waals surface area contributed by atoms with Gasteiger partial charge >= 0.3 is 0 Å². The normalized spacial score (nSPS) is 12.2. The highest BCUT2D eigenvalue weighted by Crippen LogP contribution is 2.33. The number of thioether (sulfide) groups is 1. The van der Waals surface area contributed by atoms with Crippen molar-refractivity contribution >= 4 is 22.5 Å². The Kier molecular flexibility index (Phi) is 3.29. The van der Waals surface area contributed by atoms with E-state index in [1.807, 2.05) is 30.3 Å². The van der Waals surface area contributed by atoms with Crippen LogP contribution in [0.25, 0.3) is 0 Å². The zero-order chi connectivity index (χ0) is 13.9. The summed E-state index contributed by atoms with van der Waals surface area (Å²) >= 11 is 1.60. The van der Waals surface area contributed by atoms with Crippen molar-refractivity contribution in [3.63, 3.8) is 0 Å². The molecule has 1 heterocycles. The van der Waals surface area contributed by atoms with E-state index in [2.05, 4.69) is 23.0 Å². The van der Waals surface area contributed by atoms with Crippen molar-refractivity contribution in [1.29, 1.82) is 5.26 Å². The van der Waals surface area contributed by atoms with Crippen LogP contribution in [0.15, 0.2) is 52.4 Å². The molecule has 0 fully saturated rings. The van der Waals surface area contributed by atoms with Crippen LogP contribution in [0.3, 0.4) is 0 Å². The van der Waals surface area contributed by atoms with Crippen molar-refractivity contribution in [2.24, 2.45) is 4.99 Å². The molecule has 0 atom stereocenters. The fraction of sp³-hybridized carbons (Fsp3) is 0.0588. The van der Waals surface area contributed by atoms with Gasteiger partial charge in [0.1, 0.15) is 6.07 Å². The van der Waals surface area contributed by atoms with Crippen molar-refractivity contribution in [3.8, 4) is 18.4 Å². The van der Waals surface area contributed by atoms with Gasteiger partial charge in [-0.15, -0.1) is 6.42 Å². The first-order valence-corrected chi connectivity index (χ1v) is 6.96. The number of nitrogens with zero attached hydrogens (tertiary/aromatic N) is 2. The van der Waals surface area contributed by atoms with E-state index in [0.29, 0.717) is 11.1 Å². The second-order valence-electron chi connectivity index (χ2n) is 4.38. The maximum atomic E-state index is 8.97. The van der Waals surface area contributed by atoms with E-state index in [1.165, 1.54) is 5.56 Å². The third-order valence-electron chi connectivity index (χ3n) is 3.08. The second kappa shape index (κ2) is 5.25. The maximum Gasteiger partial charge on any atom is 0.100 e. The van der Waals surface area contributed by atoms with Crippen LogP contribution in [0.4, 0.5) is 5.69 Å². The molecule has 0 aromatic heterocycles. The molecule has 2 aromatic rings. The summed E-state index contributed by atoms with van der Waals surface area (Å²) < 4.78 is 0. The molecule has 0 radical (unpaired) electrons. The van der Waals surface area contributed by atoms with Crippen molar-refractivity contribution in [2.75, 3.05) is 0 Å². The number of fused-ring (bicyclic) bond motifs is 1. The van der Waals surface area contributed by atoms with Gasteiger partial charge in [-0.1, -0.05) is 35.9 Å². The SMILES string of the molecule is C#Cc1cc(SC2=Nc3ccccc3C2)ccc1C#N. The number of aliphatic imine (C=N–C) groups is 1. The van der Waals surface area contributed by atoms with Gasteiger partial charge in [0.25, 0.3) is 0 Å². The minimum Gasteiger partial charge on any atom is -0.246 e. The van der Waals surface area contributed by atoms with Crippen LogP contribution < -0.4 is 0 Å². The molecule has 0 spiro atoms. The Morgan fingerprint density at radius 3 is 2.75 bits per heavy atom. The first-order valence-electron chi connectivity index (χ1n) is 6.14. The van der Waals surface area contributed by atoms with E-state index < -0.39 is 0 Å². The Labute approximate surface area is 122 Å². The molecule has 2 nitrogen and oxygen atoms in total. The predicted octanol–water partition coefficient (Wildman–Crippen LogP) is 3.92. The summed E-state index contributed by atoms with van der Waals surface area (Å²) in [5.41, 5.74) is 3.46. The third kappa shape index (κ3) is 2.32. The third-order valence-corrected chi connectivity index (χ3v) is 4.04. The minimum atomic E-state index is 0.536. The molecule has 1 aliphatic heterocycles. The molecule has 94 valence electrons. The summed E-state index contributed by atoms with van der Waals surface area (Å²) in [5, 5.41) is 10.0. The summed E-state index contributed by atoms with van der Waals surface area (Å²) in [4.78, 5) is 5.63. The van der Waals surface area contributed by atoms with Crippen LogP contribution in [0.2, 0.25) is 0 Å². The van der Waals surface area contributed by atoms with E-state index in [4.69, 9.17) is 11.7 Å². The molecule has 3 rings (SSSR count). The van der Waals surface area contributed by atoms with Gasteiger partial charge in [-0.05, 0) is 29.8 Å². The summed E-state index contributed by atoms with van der Waals surface area (Å²) in [6, 6.07) is 15.8. The smallest absolute Gasteiger partial charge is 0.100 e. The molecule has 3 heteroatoms. The summed E-state index contributed by atoms with van der Waals surface area (Å²) in [5.74, 6) is 2.55. The second-order valence-corrected chi connectivity index (χ2v) is 5.52. The molecular formula is C17H10N2S. The Bertz CT molecular complexity index is 791. The van der Waals surface area contributed by atoms with Gasteiger partial charge < -0.3 is 0 Å². The van der Waals surface area contributed by atoms with Crippen molar-refractivity contribution in [2.45, 2.75) is 11.3 Å². The van der Waals surface area contributed by atoms with Gasteiger partial charge in [-0.2, -0.15) is 5.26 Å². The van der Waals surface area contributed by atoms with Crippen molar-refractivity contribution < 1.29 is 0 Å². The van der Waals surface area contributed by atoms with Crippen LogP contribution >= 0.6 is 11.8 Å². The topological polar surface area (TPSA) is 36.1 Å². The Morgan fingerprint density at radius 2 is 2.00 bits per heavy atom. The zero-order valence-corrected chi connectivity index (χ0v) is 11.4. The lowest BCUT2D eigenvalue weighted by Gasteiger charge is -2.02.